The van der Waals surface area contributed by atoms with Gasteiger partial charge in [0.2, 0.25) is 5.91 Å². The summed E-state index contributed by atoms with van der Waals surface area (Å²) in [5.74, 6) is 0.0265. The number of fused-ring (bicyclic) bond motifs is 1. The minimum Gasteiger partial charge on any atom is -0.370 e. The fraction of sp³-hybridized carbons (Fsp3) is 0.316. The third-order valence-electron chi connectivity index (χ3n) is 4.91. The van der Waals surface area contributed by atoms with Crippen molar-refractivity contribution in [3.63, 3.8) is 0 Å². The molecule has 1 aliphatic heterocycles. The second kappa shape index (κ2) is 5.97. The van der Waals surface area contributed by atoms with Gasteiger partial charge in [0, 0.05) is 18.7 Å². The molecule has 25 heavy (non-hydrogen) atoms. The number of nitrogens with zero attached hydrogens (tertiary/aromatic N) is 4. The lowest BCUT2D eigenvalue weighted by Gasteiger charge is -2.49. The van der Waals surface area contributed by atoms with Crippen molar-refractivity contribution in [2.45, 2.75) is 19.1 Å². The van der Waals surface area contributed by atoms with Gasteiger partial charge in [-0.25, -0.2) is 9.67 Å². The summed E-state index contributed by atoms with van der Waals surface area (Å²) in [5, 5.41) is 5.44. The Morgan fingerprint density at radius 3 is 2.68 bits per heavy atom. The fourth-order valence-electron chi connectivity index (χ4n) is 3.42. The van der Waals surface area contributed by atoms with Gasteiger partial charge in [0.15, 0.2) is 5.65 Å². The molecule has 1 aliphatic rings. The van der Waals surface area contributed by atoms with Crippen LogP contribution in [0.1, 0.15) is 11.3 Å². The van der Waals surface area contributed by atoms with Gasteiger partial charge in [0.25, 0.3) is 0 Å². The maximum absolute atomic E-state index is 12.7. The van der Waals surface area contributed by atoms with Gasteiger partial charge in [-0.2, -0.15) is 5.10 Å². The molecule has 3 heterocycles. The van der Waals surface area contributed by atoms with E-state index < -0.39 is 5.60 Å². The third-order valence-corrected chi connectivity index (χ3v) is 4.91. The Kier molecular flexibility index (Phi) is 3.77. The summed E-state index contributed by atoms with van der Waals surface area (Å²) in [7, 11) is 1.70. The lowest BCUT2D eigenvalue weighted by molar-refractivity contribution is -0.165. The molecule has 0 aliphatic carbocycles. The topological polar surface area (TPSA) is 60.2 Å². The number of aromatic nitrogens is 3. The number of hydrogen-bond donors (Lipinski definition) is 0. The van der Waals surface area contributed by atoms with Gasteiger partial charge in [-0.3, -0.25) is 4.79 Å². The van der Waals surface area contributed by atoms with E-state index in [0.717, 1.165) is 22.3 Å². The van der Waals surface area contributed by atoms with E-state index in [1.165, 1.54) is 0 Å². The van der Waals surface area contributed by atoms with Crippen LogP contribution in [0.2, 0.25) is 0 Å². The minimum absolute atomic E-state index is 0.0265. The highest BCUT2D eigenvalue weighted by Gasteiger charge is 2.46. The molecule has 6 nitrogen and oxygen atoms in total. The van der Waals surface area contributed by atoms with Crippen LogP contribution >= 0.6 is 0 Å². The van der Waals surface area contributed by atoms with E-state index in [4.69, 9.17) is 4.74 Å². The Labute approximate surface area is 146 Å². The van der Waals surface area contributed by atoms with Crippen molar-refractivity contribution >= 4 is 16.9 Å². The van der Waals surface area contributed by atoms with E-state index in [1.807, 2.05) is 54.3 Å². The average Bonchev–Trinajstić information content (AvgIpc) is 2.92. The zero-order valence-corrected chi connectivity index (χ0v) is 14.3. The molecule has 0 radical (unpaired) electrons. The summed E-state index contributed by atoms with van der Waals surface area (Å²) in [6, 6.07) is 13.9. The van der Waals surface area contributed by atoms with Crippen molar-refractivity contribution in [1.82, 2.24) is 19.7 Å². The van der Waals surface area contributed by atoms with E-state index in [1.54, 1.807) is 18.0 Å². The zero-order chi connectivity index (χ0) is 17.4. The molecule has 1 amide bonds. The monoisotopic (exact) mass is 336 g/mol. The summed E-state index contributed by atoms with van der Waals surface area (Å²) in [4.78, 5) is 18.8. The average molecular weight is 336 g/mol. The molecule has 0 unspecified atom stereocenters. The predicted molar refractivity (Wildman–Crippen MR) is 94.0 cm³/mol. The summed E-state index contributed by atoms with van der Waals surface area (Å²) < 4.78 is 7.42. The Hall–Kier alpha value is -2.73. The number of carbonyl (C=O) groups excluding carboxylic acids is 1. The summed E-state index contributed by atoms with van der Waals surface area (Å²) in [6.07, 6.45) is 1.72. The number of amides is 1. The largest absolute Gasteiger partial charge is 0.370 e. The number of ether oxygens (including phenoxy) is 1. The van der Waals surface area contributed by atoms with Crippen molar-refractivity contribution in [2.75, 3.05) is 20.2 Å². The van der Waals surface area contributed by atoms with Gasteiger partial charge in [-0.05, 0) is 24.6 Å². The summed E-state index contributed by atoms with van der Waals surface area (Å²) in [5.41, 5.74) is 2.32. The molecule has 6 heteroatoms. The number of hydrogen-bond acceptors (Lipinski definition) is 4. The number of benzene rings is 1. The molecule has 1 saturated heterocycles. The molecule has 0 atom stereocenters. The highest BCUT2D eigenvalue weighted by molar-refractivity contribution is 5.82. The molecule has 0 N–H and O–H groups in total. The molecule has 0 bridgehead atoms. The van der Waals surface area contributed by atoms with Gasteiger partial charge >= 0.3 is 0 Å². The maximum atomic E-state index is 12.7. The molecule has 0 spiro atoms. The molecule has 128 valence electrons. The van der Waals surface area contributed by atoms with Gasteiger partial charge < -0.3 is 9.64 Å². The molecule has 1 fully saturated rings. The first-order valence-corrected chi connectivity index (χ1v) is 8.29. The van der Waals surface area contributed by atoms with Crippen LogP contribution in [-0.4, -0.2) is 45.8 Å². The first-order chi connectivity index (χ1) is 12.1. The predicted octanol–water partition coefficient (Wildman–Crippen LogP) is 2.12. The lowest BCUT2D eigenvalue weighted by atomic mass is 9.85. The van der Waals surface area contributed by atoms with E-state index in [0.29, 0.717) is 13.1 Å². The van der Waals surface area contributed by atoms with Crippen LogP contribution in [0.5, 0.6) is 0 Å². The first-order valence-electron chi connectivity index (χ1n) is 8.29. The number of pyridine rings is 1. The Morgan fingerprint density at radius 2 is 1.96 bits per heavy atom. The van der Waals surface area contributed by atoms with Gasteiger partial charge in [-0.1, -0.05) is 30.3 Å². The molecule has 3 aromatic rings. The van der Waals surface area contributed by atoms with Crippen LogP contribution in [0.3, 0.4) is 0 Å². The number of aryl methyl sites for hydroxylation is 1. The number of methoxy groups -OCH3 is 1. The van der Waals surface area contributed by atoms with Gasteiger partial charge in [0.05, 0.1) is 18.8 Å². The van der Waals surface area contributed by atoms with Crippen LogP contribution in [0.4, 0.5) is 0 Å². The summed E-state index contributed by atoms with van der Waals surface area (Å²) in [6.45, 7) is 3.23. The van der Waals surface area contributed by atoms with E-state index in [9.17, 15) is 4.79 Å². The molecule has 0 saturated carbocycles. The second-order valence-corrected chi connectivity index (χ2v) is 6.43. The Morgan fingerprint density at radius 1 is 1.20 bits per heavy atom. The Balaban J connectivity index is 1.50. The first kappa shape index (κ1) is 15.8. The fourth-order valence-corrected chi connectivity index (χ4v) is 3.42. The SMILES string of the molecule is COC1(c2ccccc2)CN(C(=O)Cn2nc(C)c3cccnc32)C1. The summed E-state index contributed by atoms with van der Waals surface area (Å²) >= 11 is 0. The molecule has 4 rings (SSSR count). The molecule has 1 aromatic carbocycles. The standard InChI is InChI=1S/C19H20N4O2/c1-14-16-9-6-10-20-18(16)23(21-14)11-17(24)22-12-19(13-22,25-2)15-7-4-3-5-8-15/h3-10H,11-13H2,1-2H3. The highest BCUT2D eigenvalue weighted by Crippen LogP contribution is 2.35. The van der Waals surface area contributed by atoms with Crippen LogP contribution in [-0.2, 0) is 21.7 Å². The quantitative estimate of drug-likeness (QED) is 0.732. The third kappa shape index (κ3) is 2.59. The van der Waals surface area contributed by atoms with Crippen molar-refractivity contribution in [1.29, 1.82) is 0 Å². The number of carbonyl (C=O) groups is 1. The zero-order valence-electron chi connectivity index (χ0n) is 14.3. The van der Waals surface area contributed by atoms with E-state index >= 15 is 0 Å². The second-order valence-electron chi connectivity index (χ2n) is 6.43. The van der Waals surface area contributed by atoms with Crippen molar-refractivity contribution in [2.24, 2.45) is 0 Å². The van der Waals surface area contributed by atoms with Crippen molar-refractivity contribution in [3.05, 3.63) is 59.9 Å². The van der Waals surface area contributed by atoms with E-state index in [2.05, 4.69) is 10.1 Å². The molecular formula is C19H20N4O2. The maximum Gasteiger partial charge on any atom is 0.244 e. The number of likely N-dealkylation sites (tertiary alicyclic amines) is 1. The Bertz CT molecular complexity index is 914. The van der Waals surface area contributed by atoms with Crippen LogP contribution < -0.4 is 0 Å². The van der Waals surface area contributed by atoms with Crippen LogP contribution in [0.25, 0.3) is 11.0 Å². The van der Waals surface area contributed by atoms with Gasteiger partial charge in [0.1, 0.15) is 12.1 Å². The normalized spacial score (nSPS) is 16.0. The van der Waals surface area contributed by atoms with Crippen LogP contribution in [0, 0.1) is 6.92 Å². The smallest absolute Gasteiger partial charge is 0.244 e. The van der Waals surface area contributed by atoms with Gasteiger partial charge in [-0.15, -0.1) is 0 Å². The molecule has 2 aromatic heterocycles. The molecular weight excluding hydrogens is 316 g/mol. The van der Waals surface area contributed by atoms with Crippen molar-refractivity contribution in [3.8, 4) is 0 Å². The minimum atomic E-state index is -0.405. The van der Waals surface area contributed by atoms with Crippen LogP contribution in [0.15, 0.2) is 48.7 Å². The number of rotatable bonds is 4. The van der Waals surface area contributed by atoms with Crippen molar-refractivity contribution < 1.29 is 9.53 Å². The van der Waals surface area contributed by atoms with E-state index in [-0.39, 0.29) is 12.5 Å². The lowest BCUT2D eigenvalue weighted by Crippen LogP contribution is -2.62. The highest BCUT2D eigenvalue weighted by atomic mass is 16.5.